The predicted octanol–water partition coefficient (Wildman–Crippen LogP) is 3.20. The molecule has 0 aromatic heterocycles. The molecule has 1 aromatic rings. The molecule has 1 saturated heterocycles. The van der Waals surface area contributed by atoms with Crippen LogP contribution in [-0.4, -0.2) is 36.5 Å². The first-order valence-electron chi connectivity index (χ1n) is 8.66. The second-order valence-electron chi connectivity index (χ2n) is 6.15. The Morgan fingerprint density at radius 1 is 1.13 bits per heavy atom. The van der Waals surface area contributed by atoms with Crippen molar-refractivity contribution in [2.24, 2.45) is 5.92 Å². The number of ether oxygens (including phenoxy) is 1. The van der Waals surface area contributed by atoms with Crippen LogP contribution in [0.4, 0.5) is 0 Å². The zero-order valence-corrected chi connectivity index (χ0v) is 14.0. The van der Waals surface area contributed by atoms with Crippen LogP contribution in [0.25, 0.3) is 0 Å². The summed E-state index contributed by atoms with van der Waals surface area (Å²) in [6.45, 7) is 3.92. The molecule has 4 heteroatoms. The molecule has 2 rings (SSSR count). The summed E-state index contributed by atoms with van der Waals surface area (Å²) in [6.07, 6.45) is 4.76. The number of carbonyl (C=O) groups is 2. The molecular weight excluding hydrogens is 290 g/mol. The third-order valence-corrected chi connectivity index (χ3v) is 4.50. The average Bonchev–Trinajstić information content (AvgIpc) is 2.59. The highest BCUT2D eigenvalue weighted by molar-refractivity contribution is 5.76. The van der Waals surface area contributed by atoms with E-state index < -0.39 is 0 Å². The van der Waals surface area contributed by atoms with Gasteiger partial charge in [-0.05, 0) is 44.1 Å². The number of piperidine rings is 1. The van der Waals surface area contributed by atoms with Crippen LogP contribution < -0.4 is 0 Å². The van der Waals surface area contributed by atoms with Gasteiger partial charge in [0.2, 0.25) is 5.91 Å². The van der Waals surface area contributed by atoms with Crippen molar-refractivity contribution in [2.45, 2.75) is 45.4 Å². The molecule has 0 radical (unpaired) electrons. The van der Waals surface area contributed by atoms with Crippen LogP contribution in [0, 0.1) is 5.92 Å². The molecule has 0 bridgehead atoms. The number of esters is 1. The highest BCUT2D eigenvalue weighted by Gasteiger charge is 2.23. The Labute approximate surface area is 138 Å². The van der Waals surface area contributed by atoms with Crippen molar-refractivity contribution in [1.82, 2.24) is 4.90 Å². The number of hydrogen-bond donors (Lipinski definition) is 0. The summed E-state index contributed by atoms with van der Waals surface area (Å²) in [4.78, 5) is 25.6. The number of carbonyl (C=O) groups excluding carboxylic acids is 2. The number of amides is 1. The third kappa shape index (κ3) is 6.05. The van der Waals surface area contributed by atoms with Crippen LogP contribution in [0.3, 0.4) is 0 Å². The van der Waals surface area contributed by atoms with Gasteiger partial charge in [-0.25, -0.2) is 0 Å². The molecule has 1 aliphatic heterocycles. The molecule has 23 heavy (non-hydrogen) atoms. The van der Waals surface area contributed by atoms with Gasteiger partial charge in [-0.1, -0.05) is 30.3 Å². The smallest absolute Gasteiger partial charge is 0.305 e. The van der Waals surface area contributed by atoms with Gasteiger partial charge in [-0.15, -0.1) is 0 Å². The molecule has 0 spiro atoms. The Morgan fingerprint density at radius 2 is 1.83 bits per heavy atom. The molecule has 0 aliphatic carbocycles. The third-order valence-electron chi connectivity index (χ3n) is 4.50. The first-order valence-corrected chi connectivity index (χ1v) is 8.66. The fourth-order valence-electron chi connectivity index (χ4n) is 3.08. The Kier molecular flexibility index (Phi) is 7.11. The first kappa shape index (κ1) is 17.5. The van der Waals surface area contributed by atoms with Crippen molar-refractivity contribution < 1.29 is 14.3 Å². The van der Waals surface area contributed by atoms with Gasteiger partial charge in [0, 0.05) is 25.9 Å². The van der Waals surface area contributed by atoms with Gasteiger partial charge in [-0.3, -0.25) is 9.59 Å². The van der Waals surface area contributed by atoms with Crippen molar-refractivity contribution in [3.05, 3.63) is 35.9 Å². The van der Waals surface area contributed by atoms with Gasteiger partial charge in [-0.2, -0.15) is 0 Å². The highest BCUT2D eigenvalue weighted by Crippen LogP contribution is 2.22. The van der Waals surface area contributed by atoms with E-state index in [1.165, 1.54) is 5.56 Å². The second-order valence-corrected chi connectivity index (χ2v) is 6.15. The van der Waals surface area contributed by atoms with Crippen LogP contribution >= 0.6 is 0 Å². The topological polar surface area (TPSA) is 46.6 Å². The Morgan fingerprint density at radius 3 is 2.48 bits per heavy atom. The summed E-state index contributed by atoms with van der Waals surface area (Å²) in [5, 5.41) is 0. The molecule has 0 unspecified atom stereocenters. The molecule has 4 nitrogen and oxygen atoms in total. The standard InChI is InChI=1S/C19H27NO3/c1-2-23-19(22)11-9-17-12-14-20(15-13-17)18(21)10-8-16-6-4-3-5-7-16/h3-7,17H,2,8-15H2,1H3. The minimum atomic E-state index is -0.103. The maximum absolute atomic E-state index is 12.3. The molecule has 1 amide bonds. The summed E-state index contributed by atoms with van der Waals surface area (Å²) >= 11 is 0. The van der Waals surface area contributed by atoms with E-state index in [0.29, 0.717) is 25.4 Å². The maximum Gasteiger partial charge on any atom is 0.305 e. The molecular formula is C19H27NO3. The van der Waals surface area contributed by atoms with Crippen molar-refractivity contribution in [3.8, 4) is 0 Å². The SMILES string of the molecule is CCOC(=O)CCC1CCN(C(=O)CCc2ccccc2)CC1. The van der Waals surface area contributed by atoms with Crippen LogP contribution in [0.5, 0.6) is 0 Å². The van der Waals surface area contributed by atoms with Crippen LogP contribution in [0.1, 0.15) is 44.6 Å². The average molecular weight is 317 g/mol. The fraction of sp³-hybridized carbons (Fsp3) is 0.579. The van der Waals surface area contributed by atoms with E-state index in [1.54, 1.807) is 0 Å². The minimum absolute atomic E-state index is 0.103. The first-order chi connectivity index (χ1) is 11.2. The van der Waals surface area contributed by atoms with Crippen LogP contribution in [0.2, 0.25) is 0 Å². The predicted molar refractivity (Wildman–Crippen MR) is 89.9 cm³/mol. The molecule has 1 aromatic carbocycles. The van der Waals surface area contributed by atoms with E-state index in [0.717, 1.165) is 38.8 Å². The number of aryl methyl sites for hydroxylation is 1. The zero-order valence-electron chi connectivity index (χ0n) is 14.0. The van der Waals surface area contributed by atoms with Crippen molar-refractivity contribution >= 4 is 11.9 Å². The molecule has 0 N–H and O–H groups in total. The lowest BCUT2D eigenvalue weighted by Crippen LogP contribution is -2.38. The minimum Gasteiger partial charge on any atom is -0.466 e. The van der Waals surface area contributed by atoms with Gasteiger partial charge in [0.15, 0.2) is 0 Å². The largest absolute Gasteiger partial charge is 0.466 e. The molecule has 0 saturated carbocycles. The summed E-state index contributed by atoms with van der Waals surface area (Å²) in [6, 6.07) is 10.1. The summed E-state index contributed by atoms with van der Waals surface area (Å²) in [5.74, 6) is 0.684. The zero-order chi connectivity index (χ0) is 16.5. The lowest BCUT2D eigenvalue weighted by atomic mass is 9.92. The molecule has 1 heterocycles. The lowest BCUT2D eigenvalue weighted by Gasteiger charge is -2.32. The van der Waals surface area contributed by atoms with E-state index in [-0.39, 0.29) is 11.9 Å². The van der Waals surface area contributed by atoms with Gasteiger partial charge < -0.3 is 9.64 Å². The lowest BCUT2D eigenvalue weighted by molar-refractivity contribution is -0.143. The maximum atomic E-state index is 12.3. The number of rotatable bonds is 7. The molecule has 126 valence electrons. The Balaban J connectivity index is 1.65. The Hall–Kier alpha value is -1.84. The van der Waals surface area contributed by atoms with Crippen molar-refractivity contribution in [2.75, 3.05) is 19.7 Å². The van der Waals surface area contributed by atoms with Crippen molar-refractivity contribution in [1.29, 1.82) is 0 Å². The van der Waals surface area contributed by atoms with Crippen LogP contribution in [0.15, 0.2) is 30.3 Å². The van der Waals surface area contributed by atoms with E-state index in [1.807, 2.05) is 30.0 Å². The number of likely N-dealkylation sites (tertiary alicyclic amines) is 1. The summed E-state index contributed by atoms with van der Waals surface area (Å²) < 4.78 is 4.96. The monoisotopic (exact) mass is 317 g/mol. The number of benzene rings is 1. The number of hydrogen-bond acceptors (Lipinski definition) is 3. The normalized spacial score (nSPS) is 15.4. The fourth-order valence-corrected chi connectivity index (χ4v) is 3.08. The number of nitrogens with zero attached hydrogens (tertiary/aromatic N) is 1. The van der Waals surface area contributed by atoms with Gasteiger partial charge in [0.05, 0.1) is 6.61 Å². The van der Waals surface area contributed by atoms with E-state index >= 15 is 0 Å². The van der Waals surface area contributed by atoms with Crippen molar-refractivity contribution in [3.63, 3.8) is 0 Å². The Bertz CT molecular complexity index is 493. The molecule has 1 fully saturated rings. The molecule has 0 atom stereocenters. The molecule has 1 aliphatic rings. The van der Waals surface area contributed by atoms with E-state index in [9.17, 15) is 9.59 Å². The summed E-state index contributed by atoms with van der Waals surface area (Å²) in [5.41, 5.74) is 1.21. The quantitative estimate of drug-likeness (QED) is 0.726. The van der Waals surface area contributed by atoms with E-state index in [4.69, 9.17) is 4.74 Å². The highest BCUT2D eigenvalue weighted by atomic mass is 16.5. The van der Waals surface area contributed by atoms with E-state index in [2.05, 4.69) is 12.1 Å². The van der Waals surface area contributed by atoms with Gasteiger partial charge >= 0.3 is 5.97 Å². The summed E-state index contributed by atoms with van der Waals surface area (Å²) in [7, 11) is 0. The van der Waals surface area contributed by atoms with Gasteiger partial charge in [0.25, 0.3) is 0 Å². The second kappa shape index (κ2) is 9.33. The van der Waals surface area contributed by atoms with Crippen LogP contribution in [-0.2, 0) is 20.7 Å². The van der Waals surface area contributed by atoms with Gasteiger partial charge in [0.1, 0.15) is 0 Å².